The first kappa shape index (κ1) is 17.9. The molecule has 0 radical (unpaired) electrons. The van der Waals surface area contributed by atoms with E-state index in [2.05, 4.69) is 16.2 Å². The van der Waals surface area contributed by atoms with Gasteiger partial charge in [-0.15, -0.1) is 11.3 Å². The maximum absolute atomic E-state index is 6.03. The van der Waals surface area contributed by atoms with Crippen molar-refractivity contribution >= 4 is 34.5 Å². The summed E-state index contributed by atoms with van der Waals surface area (Å²) in [7, 11) is 0. The van der Waals surface area contributed by atoms with Crippen molar-refractivity contribution in [3.8, 4) is 11.4 Å². The number of quaternary nitrogens is 2. The van der Waals surface area contributed by atoms with E-state index in [4.69, 9.17) is 27.7 Å². The highest BCUT2D eigenvalue weighted by molar-refractivity contribution is 7.16. The van der Waals surface area contributed by atoms with Gasteiger partial charge in [0.05, 0.1) is 9.21 Å². The Hall–Kier alpha value is -1.44. The summed E-state index contributed by atoms with van der Waals surface area (Å²) in [6.45, 7) is 6.31. The molecule has 8 heteroatoms. The van der Waals surface area contributed by atoms with E-state index >= 15 is 0 Å². The number of rotatable bonds is 5. The molecule has 1 aliphatic heterocycles. The molecule has 1 fully saturated rings. The van der Waals surface area contributed by atoms with E-state index < -0.39 is 0 Å². The fourth-order valence-electron chi connectivity index (χ4n) is 3.29. The van der Waals surface area contributed by atoms with Gasteiger partial charge in [0.2, 0.25) is 5.82 Å². The smallest absolute Gasteiger partial charge is 0.282 e. The van der Waals surface area contributed by atoms with Crippen LogP contribution in [0, 0.1) is 0 Å². The molecule has 5 nitrogen and oxygen atoms in total. The first-order chi connectivity index (χ1) is 12.7. The minimum atomic E-state index is 0.598. The van der Waals surface area contributed by atoms with Crippen LogP contribution in [-0.2, 0) is 13.1 Å². The Morgan fingerprint density at radius 2 is 1.77 bits per heavy atom. The normalized spacial score (nSPS) is 20.4. The topological polar surface area (TPSA) is 47.8 Å². The maximum Gasteiger partial charge on any atom is 0.282 e. The summed E-state index contributed by atoms with van der Waals surface area (Å²) in [5.41, 5.74) is 0.881. The molecule has 136 valence electrons. The minimum Gasteiger partial charge on any atom is -0.333 e. The Morgan fingerprint density at radius 3 is 2.46 bits per heavy atom. The minimum absolute atomic E-state index is 0.598. The summed E-state index contributed by atoms with van der Waals surface area (Å²) in [5.74, 6) is 1.28. The second-order valence-electron chi connectivity index (χ2n) is 6.58. The van der Waals surface area contributed by atoms with Gasteiger partial charge < -0.3 is 14.3 Å². The third-order valence-corrected chi connectivity index (χ3v) is 6.14. The summed E-state index contributed by atoms with van der Waals surface area (Å²) in [5, 5.41) is 4.76. The summed E-state index contributed by atoms with van der Waals surface area (Å²) < 4.78 is 6.31. The lowest BCUT2D eigenvalue weighted by Gasteiger charge is -2.28. The highest BCUT2D eigenvalue weighted by Crippen LogP contribution is 2.21. The summed E-state index contributed by atoms with van der Waals surface area (Å²) in [6, 6.07) is 11.6. The lowest BCUT2D eigenvalue weighted by atomic mass is 10.2. The summed E-state index contributed by atoms with van der Waals surface area (Å²) in [4.78, 5) is 8.98. The lowest BCUT2D eigenvalue weighted by molar-refractivity contribution is -1.02. The van der Waals surface area contributed by atoms with E-state index in [1.807, 2.05) is 30.3 Å². The fourth-order valence-corrected chi connectivity index (χ4v) is 4.64. The molecule has 0 spiro atoms. The standard InChI is InChI=1S/C18H18Cl2N4OS/c19-14-3-1-2-13(10-14)18-21-17(25-22-18)12-24-8-6-23(7-9-24)11-15-4-5-16(20)26-15/h1-5,10H,6-9,11-12H2/p+2. The molecular formula is C18H20Cl2N4OS+2. The second kappa shape index (κ2) is 8.06. The van der Waals surface area contributed by atoms with Gasteiger partial charge in [-0.25, -0.2) is 0 Å². The Labute approximate surface area is 166 Å². The van der Waals surface area contributed by atoms with Crippen molar-refractivity contribution in [2.45, 2.75) is 13.1 Å². The number of nitrogens with zero attached hydrogens (tertiary/aromatic N) is 2. The number of benzene rings is 1. The molecule has 0 unspecified atom stereocenters. The lowest BCUT2D eigenvalue weighted by Crippen LogP contribution is -3.27. The van der Waals surface area contributed by atoms with E-state index in [1.165, 1.54) is 9.78 Å². The number of hydrogen-bond acceptors (Lipinski definition) is 4. The summed E-state index contributed by atoms with van der Waals surface area (Å²) in [6.07, 6.45) is 0. The Morgan fingerprint density at radius 1 is 1.00 bits per heavy atom. The predicted octanol–water partition coefficient (Wildman–Crippen LogP) is 1.59. The molecule has 0 saturated carbocycles. The van der Waals surface area contributed by atoms with E-state index in [1.54, 1.807) is 16.2 Å². The molecular weight excluding hydrogens is 391 g/mol. The molecule has 3 aromatic rings. The Balaban J connectivity index is 1.30. The molecule has 1 saturated heterocycles. The van der Waals surface area contributed by atoms with Crippen LogP contribution < -0.4 is 9.80 Å². The van der Waals surface area contributed by atoms with Crippen LogP contribution in [0.25, 0.3) is 11.4 Å². The van der Waals surface area contributed by atoms with Crippen molar-refractivity contribution in [1.82, 2.24) is 10.1 Å². The van der Waals surface area contributed by atoms with Crippen LogP contribution in [0.4, 0.5) is 0 Å². The number of hydrogen-bond donors (Lipinski definition) is 2. The van der Waals surface area contributed by atoms with Crippen molar-refractivity contribution < 1.29 is 14.3 Å². The number of nitrogens with one attached hydrogen (secondary N) is 2. The Bertz CT molecular complexity index is 873. The van der Waals surface area contributed by atoms with E-state index in [9.17, 15) is 0 Å². The predicted molar refractivity (Wildman–Crippen MR) is 103 cm³/mol. The second-order valence-corrected chi connectivity index (χ2v) is 8.82. The largest absolute Gasteiger partial charge is 0.333 e. The van der Waals surface area contributed by atoms with Crippen LogP contribution in [-0.4, -0.2) is 36.3 Å². The zero-order valence-corrected chi connectivity index (χ0v) is 16.5. The van der Waals surface area contributed by atoms with Crippen molar-refractivity contribution in [1.29, 1.82) is 0 Å². The van der Waals surface area contributed by atoms with Gasteiger partial charge in [-0.1, -0.05) is 40.5 Å². The van der Waals surface area contributed by atoms with Gasteiger partial charge in [0.25, 0.3) is 5.89 Å². The molecule has 0 aliphatic carbocycles. The van der Waals surface area contributed by atoms with Crippen LogP contribution >= 0.6 is 34.5 Å². The molecule has 2 N–H and O–H groups in total. The zero-order valence-electron chi connectivity index (χ0n) is 14.2. The van der Waals surface area contributed by atoms with Crippen LogP contribution in [0.3, 0.4) is 0 Å². The third-order valence-electron chi connectivity index (χ3n) is 4.67. The molecule has 0 atom stereocenters. The van der Waals surface area contributed by atoms with E-state index in [-0.39, 0.29) is 0 Å². The maximum atomic E-state index is 6.03. The van der Waals surface area contributed by atoms with Crippen molar-refractivity contribution in [2.24, 2.45) is 0 Å². The van der Waals surface area contributed by atoms with Gasteiger partial charge in [-0.2, -0.15) is 4.98 Å². The average molecular weight is 411 g/mol. The zero-order chi connectivity index (χ0) is 17.9. The fraction of sp³-hybridized carbons (Fsp3) is 0.333. The number of aromatic nitrogens is 2. The van der Waals surface area contributed by atoms with Gasteiger partial charge in [0, 0.05) is 10.6 Å². The van der Waals surface area contributed by atoms with Gasteiger partial charge >= 0.3 is 0 Å². The highest BCUT2D eigenvalue weighted by Gasteiger charge is 2.25. The quantitative estimate of drug-likeness (QED) is 0.671. The summed E-state index contributed by atoms with van der Waals surface area (Å²) >= 11 is 13.7. The first-order valence-electron chi connectivity index (χ1n) is 8.65. The van der Waals surface area contributed by atoms with Crippen LogP contribution in [0.1, 0.15) is 10.8 Å². The van der Waals surface area contributed by atoms with E-state index in [0.29, 0.717) is 16.7 Å². The molecule has 1 aliphatic rings. The number of halogens is 2. The monoisotopic (exact) mass is 410 g/mol. The van der Waals surface area contributed by atoms with Crippen molar-refractivity contribution in [3.63, 3.8) is 0 Å². The van der Waals surface area contributed by atoms with Crippen molar-refractivity contribution in [2.75, 3.05) is 26.2 Å². The molecule has 26 heavy (non-hydrogen) atoms. The van der Waals surface area contributed by atoms with Gasteiger partial charge in [0.15, 0.2) is 6.54 Å². The first-order valence-corrected chi connectivity index (χ1v) is 10.2. The van der Waals surface area contributed by atoms with Crippen LogP contribution in [0.2, 0.25) is 9.36 Å². The Kier molecular flexibility index (Phi) is 5.57. The van der Waals surface area contributed by atoms with Gasteiger partial charge in [-0.3, -0.25) is 0 Å². The number of piperazine rings is 1. The molecule has 1 aromatic carbocycles. The highest BCUT2D eigenvalue weighted by atomic mass is 35.5. The average Bonchev–Trinajstić information content (AvgIpc) is 3.26. The number of thiophene rings is 1. The van der Waals surface area contributed by atoms with Crippen molar-refractivity contribution in [3.05, 3.63) is 56.5 Å². The van der Waals surface area contributed by atoms with E-state index in [0.717, 1.165) is 49.2 Å². The van der Waals surface area contributed by atoms with Crippen LogP contribution in [0.5, 0.6) is 0 Å². The molecule has 0 bridgehead atoms. The van der Waals surface area contributed by atoms with Crippen LogP contribution in [0.15, 0.2) is 40.9 Å². The SMILES string of the molecule is Clc1cccc(-c2noc(C[NH+]3CC[NH+](Cc4ccc(Cl)s4)CC3)n2)c1. The molecule has 2 aromatic heterocycles. The molecule has 3 heterocycles. The molecule has 0 amide bonds. The van der Waals surface area contributed by atoms with Gasteiger partial charge in [-0.05, 0) is 24.3 Å². The van der Waals surface area contributed by atoms with Gasteiger partial charge in [0.1, 0.15) is 32.7 Å². The third kappa shape index (κ3) is 4.45. The molecule has 4 rings (SSSR count).